The molecule has 0 bridgehead atoms. The summed E-state index contributed by atoms with van der Waals surface area (Å²) in [6.07, 6.45) is 0.857. The number of hydrogen-bond acceptors (Lipinski definition) is 3. The Labute approximate surface area is 117 Å². The molecule has 2 aromatic rings. The minimum atomic E-state index is 0.596. The molecule has 0 heterocycles. The van der Waals surface area contributed by atoms with Crippen molar-refractivity contribution in [3.05, 3.63) is 47.0 Å². The summed E-state index contributed by atoms with van der Waals surface area (Å²) in [5.74, 6) is 2.04. The standard InChI is InChI=1S/C15H16ClNO2/c1-3-10-6-12(4-5-15(10)16)19-14-8-11(17)7-13(9-14)18-2/h4-9H,3,17H2,1-2H3. The molecule has 0 saturated carbocycles. The van der Waals surface area contributed by atoms with Crippen molar-refractivity contribution in [3.8, 4) is 17.2 Å². The van der Waals surface area contributed by atoms with Crippen LogP contribution in [-0.4, -0.2) is 7.11 Å². The summed E-state index contributed by atoms with van der Waals surface area (Å²) in [4.78, 5) is 0. The average Bonchev–Trinajstić information content (AvgIpc) is 2.40. The Balaban J connectivity index is 2.28. The van der Waals surface area contributed by atoms with E-state index in [0.29, 0.717) is 17.2 Å². The molecule has 3 nitrogen and oxygen atoms in total. The maximum absolute atomic E-state index is 6.08. The minimum absolute atomic E-state index is 0.596. The molecule has 0 radical (unpaired) electrons. The molecule has 0 aliphatic carbocycles. The third-order valence-corrected chi connectivity index (χ3v) is 3.14. The fraction of sp³-hybridized carbons (Fsp3) is 0.200. The Morgan fingerprint density at radius 3 is 2.47 bits per heavy atom. The molecule has 0 aliphatic rings. The molecule has 0 unspecified atom stereocenters. The molecule has 2 N–H and O–H groups in total. The quantitative estimate of drug-likeness (QED) is 0.848. The van der Waals surface area contributed by atoms with Gasteiger partial charge in [-0.1, -0.05) is 18.5 Å². The molecule has 0 atom stereocenters. The first-order valence-electron chi connectivity index (χ1n) is 6.03. The Bertz CT molecular complexity index is 584. The smallest absolute Gasteiger partial charge is 0.133 e. The van der Waals surface area contributed by atoms with Gasteiger partial charge in [0.2, 0.25) is 0 Å². The first-order valence-corrected chi connectivity index (χ1v) is 6.41. The molecule has 100 valence electrons. The molecule has 0 spiro atoms. The van der Waals surface area contributed by atoms with Crippen molar-refractivity contribution in [1.82, 2.24) is 0 Å². The van der Waals surface area contributed by atoms with Crippen molar-refractivity contribution in [2.45, 2.75) is 13.3 Å². The third kappa shape index (κ3) is 3.32. The lowest BCUT2D eigenvalue weighted by Gasteiger charge is -2.10. The molecule has 0 fully saturated rings. The summed E-state index contributed by atoms with van der Waals surface area (Å²) >= 11 is 6.08. The highest BCUT2D eigenvalue weighted by atomic mass is 35.5. The average molecular weight is 278 g/mol. The van der Waals surface area contributed by atoms with Gasteiger partial charge in [-0.15, -0.1) is 0 Å². The number of methoxy groups -OCH3 is 1. The number of nitrogens with two attached hydrogens (primary N) is 1. The highest BCUT2D eigenvalue weighted by molar-refractivity contribution is 6.31. The van der Waals surface area contributed by atoms with E-state index < -0.39 is 0 Å². The lowest BCUT2D eigenvalue weighted by molar-refractivity contribution is 0.409. The molecule has 0 saturated heterocycles. The second-order valence-electron chi connectivity index (χ2n) is 4.15. The summed E-state index contributed by atoms with van der Waals surface area (Å²) in [7, 11) is 1.59. The topological polar surface area (TPSA) is 44.5 Å². The molecular formula is C15H16ClNO2. The zero-order valence-electron chi connectivity index (χ0n) is 10.9. The van der Waals surface area contributed by atoms with E-state index in [-0.39, 0.29) is 0 Å². The van der Waals surface area contributed by atoms with Crippen molar-refractivity contribution in [3.63, 3.8) is 0 Å². The summed E-state index contributed by atoms with van der Waals surface area (Å²) in [6, 6.07) is 10.9. The number of aryl methyl sites for hydroxylation is 1. The molecule has 19 heavy (non-hydrogen) atoms. The van der Waals surface area contributed by atoms with Crippen LogP contribution < -0.4 is 15.2 Å². The van der Waals surface area contributed by atoms with E-state index in [4.69, 9.17) is 26.8 Å². The van der Waals surface area contributed by atoms with Gasteiger partial charge in [0.05, 0.1) is 7.11 Å². The largest absolute Gasteiger partial charge is 0.497 e. The van der Waals surface area contributed by atoms with Crippen molar-refractivity contribution >= 4 is 17.3 Å². The van der Waals surface area contributed by atoms with E-state index in [0.717, 1.165) is 22.8 Å². The first-order chi connectivity index (χ1) is 9.12. The lowest BCUT2D eigenvalue weighted by atomic mass is 10.1. The second-order valence-corrected chi connectivity index (χ2v) is 4.56. The maximum atomic E-state index is 6.08. The number of benzene rings is 2. The van der Waals surface area contributed by atoms with Crippen molar-refractivity contribution in [2.24, 2.45) is 0 Å². The van der Waals surface area contributed by atoms with Crippen molar-refractivity contribution in [2.75, 3.05) is 12.8 Å². The highest BCUT2D eigenvalue weighted by Gasteiger charge is 2.05. The maximum Gasteiger partial charge on any atom is 0.133 e. The van der Waals surface area contributed by atoms with Gasteiger partial charge >= 0.3 is 0 Å². The van der Waals surface area contributed by atoms with E-state index in [2.05, 4.69) is 6.92 Å². The van der Waals surface area contributed by atoms with Gasteiger partial charge in [-0.05, 0) is 30.2 Å². The molecule has 0 aliphatic heterocycles. The predicted molar refractivity (Wildman–Crippen MR) is 78.3 cm³/mol. The number of rotatable bonds is 4. The monoisotopic (exact) mass is 277 g/mol. The summed E-state index contributed by atoms with van der Waals surface area (Å²) in [5.41, 5.74) is 7.43. The molecule has 0 aromatic heterocycles. The number of anilines is 1. The van der Waals surface area contributed by atoms with Gasteiger partial charge in [-0.2, -0.15) is 0 Å². The van der Waals surface area contributed by atoms with E-state index in [9.17, 15) is 0 Å². The zero-order chi connectivity index (χ0) is 13.8. The van der Waals surface area contributed by atoms with Crippen molar-refractivity contribution < 1.29 is 9.47 Å². The Morgan fingerprint density at radius 2 is 1.79 bits per heavy atom. The summed E-state index contributed by atoms with van der Waals surface area (Å²) in [5, 5.41) is 0.750. The molecular weight excluding hydrogens is 262 g/mol. The van der Waals surface area contributed by atoms with E-state index in [1.54, 1.807) is 25.3 Å². The van der Waals surface area contributed by atoms with Gasteiger partial charge in [0.15, 0.2) is 0 Å². The SMILES string of the molecule is CCc1cc(Oc2cc(N)cc(OC)c2)ccc1Cl. The van der Waals surface area contributed by atoms with Crippen LogP contribution in [0.1, 0.15) is 12.5 Å². The Kier molecular flexibility index (Phi) is 4.17. The van der Waals surface area contributed by atoms with Crippen LogP contribution in [0.15, 0.2) is 36.4 Å². The van der Waals surface area contributed by atoms with Crippen LogP contribution in [0.3, 0.4) is 0 Å². The van der Waals surface area contributed by atoms with Crippen LogP contribution in [0.25, 0.3) is 0 Å². The van der Waals surface area contributed by atoms with Crippen LogP contribution in [0.2, 0.25) is 5.02 Å². The van der Waals surface area contributed by atoms with Crippen LogP contribution in [-0.2, 0) is 6.42 Å². The van der Waals surface area contributed by atoms with E-state index >= 15 is 0 Å². The molecule has 2 aromatic carbocycles. The summed E-state index contributed by atoms with van der Waals surface area (Å²) in [6.45, 7) is 2.05. The van der Waals surface area contributed by atoms with Gasteiger partial charge in [0.25, 0.3) is 0 Å². The molecule has 2 rings (SSSR count). The van der Waals surface area contributed by atoms with Gasteiger partial charge < -0.3 is 15.2 Å². The van der Waals surface area contributed by atoms with Crippen LogP contribution >= 0.6 is 11.6 Å². The third-order valence-electron chi connectivity index (χ3n) is 2.77. The summed E-state index contributed by atoms with van der Waals surface area (Å²) < 4.78 is 10.9. The lowest BCUT2D eigenvalue weighted by Crippen LogP contribution is -1.92. The number of ether oxygens (including phenoxy) is 2. The van der Waals surface area contributed by atoms with E-state index in [1.165, 1.54) is 0 Å². The molecule has 4 heteroatoms. The van der Waals surface area contributed by atoms with Gasteiger partial charge in [-0.25, -0.2) is 0 Å². The van der Waals surface area contributed by atoms with Crippen LogP contribution in [0, 0.1) is 0 Å². The number of nitrogen functional groups attached to an aromatic ring is 1. The van der Waals surface area contributed by atoms with Gasteiger partial charge in [-0.3, -0.25) is 0 Å². The number of halogens is 1. The normalized spacial score (nSPS) is 10.3. The Morgan fingerprint density at radius 1 is 1.05 bits per heavy atom. The Hall–Kier alpha value is -1.87. The van der Waals surface area contributed by atoms with Crippen LogP contribution in [0.5, 0.6) is 17.2 Å². The van der Waals surface area contributed by atoms with E-state index in [1.807, 2.05) is 18.2 Å². The molecule has 0 amide bonds. The fourth-order valence-electron chi connectivity index (χ4n) is 1.79. The van der Waals surface area contributed by atoms with Crippen LogP contribution in [0.4, 0.5) is 5.69 Å². The predicted octanol–water partition coefficient (Wildman–Crippen LogP) is 4.29. The van der Waals surface area contributed by atoms with Gasteiger partial charge in [0, 0.05) is 28.9 Å². The fourth-order valence-corrected chi connectivity index (χ4v) is 2.04. The van der Waals surface area contributed by atoms with Gasteiger partial charge in [0.1, 0.15) is 17.2 Å². The first kappa shape index (κ1) is 13.6. The highest BCUT2D eigenvalue weighted by Crippen LogP contribution is 2.30. The zero-order valence-corrected chi connectivity index (χ0v) is 11.7. The number of hydrogen-bond donors (Lipinski definition) is 1. The minimum Gasteiger partial charge on any atom is -0.497 e. The van der Waals surface area contributed by atoms with Crippen molar-refractivity contribution in [1.29, 1.82) is 0 Å². The second kappa shape index (κ2) is 5.85.